The fraction of sp³-hybridized carbons (Fsp3) is 0.118. The Balaban J connectivity index is 1.74. The van der Waals surface area contributed by atoms with E-state index in [0.29, 0.717) is 16.3 Å². The first-order valence-corrected chi connectivity index (χ1v) is 6.91. The second-order valence-corrected chi connectivity index (χ2v) is 4.67. The minimum atomic E-state index is -0.381. The molecule has 0 aliphatic heterocycles. The molecule has 0 saturated carbocycles. The Labute approximate surface area is 133 Å². The SMILES string of the molecule is O=C(NCC#CCOc1ccccc1Cl)c1ccc(F)cc1. The first kappa shape index (κ1) is 15.9. The van der Waals surface area contributed by atoms with Gasteiger partial charge in [0.25, 0.3) is 5.91 Å². The highest BCUT2D eigenvalue weighted by Crippen LogP contribution is 2.22. The summed E-state index contributed by atoms with van der Waals surface area (Å²) in [5.41, 5.74) is 0.385. The molecule has 0 radical (unpaired) electrons. The number of amides is 1. The lowest BCUT2D eigenvalue weighted by Gasteiger charge is -2.03. The lowest BCUT2D eigenvalue weighted by Crippen LogP contribution is -2.23. The maximum Gasteiger partial charge on any atom is 0.252 e. The molecule has 0 atom stereocenters. The molecular weight excluding hydrogens is 305 g/mol. The van der Waals surface area contributed by atoms with Crippen LogP contribution in [0.5, 0.6) is 5.75 Å². The van der Waals surface area contributed by atoms with Gasteiger partial charge in [-0.2, -0.15) is 0 Å². The Morgan fingerprint density at radius 2 is 1.86 bits per heavy atom. The molecule has 2 aromatic rings. The molecule has 0 aromatic heterocycles. The summed E-state index contributed by atoms with van der Waals surface area (Å²) in [5, 5.41) is 3.13. The zero-order valence-corrected chi connectivity index (χ0v) is 12.4. The molecule has 0 spiro atoms. The van der Waals surface area contributed by atoms with Crippen molar-refractivity contribution < 1.29 is 13.9 Å². The van der Waals surface area contributed by atoms with E-state index in [9.17, 15) is 9.18 Å². The molecule has 3 nitrogen and oxygen atoms in total. The number of nitrogens with one attached hydrogen (secondary N) is 1. The normalized spacial score (nSPS) is 9.55. The van der Waals surface area contributed by atoms with Gasteiger partial charge < -0.3 is 10.1 Å². The fourth-order valence-electron chi connectivity index (χ4n) is 1.62. The number of benzene rings is 2. The van der Waals surface area contributed by atoms with Crippen LogP contribution in [0.4, 0.5) is 4.39 Å². The molecule has 112 valence electrons. The number of ether oxygens (including phenoxy) is 1. The van der Waals surface area contributed by atoms with Gasteiger partial charge in [0.15, 0.2) is 0 Å². The third-order valence-corrected chi connectivity index (χ3v) is 3.02. The number of para-hydroxylation sites is 1. The van der Waals surface area contributed by atoms with E-state index in [4.69, 9.17) is 16.3 Å². The summed E-state index contributed by atoms with van der Waals surface area (Å²) in [6.45, 7) is 0.359. The van der Waals surface area contributed by atoms with Crippen LogP contribution in [0, 0.1) is 17.7 Å². The number of carbonyl (C=O) groups is 1. The van der Waals surface area contributed by atoms with E-state index < -0.39 is 0 Å². The molecule has 0 aliphatic rings. The number of rotatable bonds is 4. The average molecular weight is 318 g/mol. The van der Waals surface area contributed by atoms with E-state index in [1.807, 2.05) is 12.1 Å². The Morgan fingerprint density at radius 3 is 2.59 bits per heavy atom. The Morgan fingerprint density at radius 1 is 1.14 bits per heavy atom. The minimum absolute atomic E-state index is 0.177. The Bertz CT molecular complexity index is 705. The number of carbonyl (C=O) groups excluding carboxylic acids is 1. The van der Waals surface area contributed by atoms with Gasteiger partial charge in [0.2, 0.25) is 0 Å². The summed E-state index contributed by atoms with van der Waals surface area (Å²) >= 11 is 5.93. The second-order valence-electron chi connectivity index (χ2n) is 4.26. The molecule has 5 heteroatoms. The van der Waals surface area contributed by atoms with Crippen molar-refractivity contribution >= 4 is 17.5 Å². The lowest BCUT2D eigenvalue weighted by atomic mass is 10.2. The Kier molecular flexibility index (Phi) is 5.81. The highest BCUT2D eigenvalue weighted by Gasteiger charge is 2.03. The Hall–Kier alpha value is -2.51. The van der Waals surface area contributed by atoms with Gasteiger partial charge in [-0.15, -0.1) is 0 Å². The average Bonchev–Trinajstić information content (AvgIpc) is 2.53. The van der Waals surface area contributed by atoms with E-state index in [2.05, 4.69) is 17.2 Å². The highest BCUT2D eigenvalue weighted by molar-refractivity contribution is 6.32. The van der Waals surface area contributed by atoms with Gasteiger partial charge in [-0.1, -0.05) is 35.6 Å². The van der Waals surface area contributed by atoms with Gasteiger partial charge in [-0.25, -0.2) is 4.39 Å². The molecule has 0 aliphatic carbocycles. The molecule has 0 heterocycles. The van der Waals surface area contributed by atoms with Gasteiger partial charge in [0, 0.05) is 5.56 Å². The lowest BCUT2D eigenvalue weighted by molar-refractivity contribution is 0.0958. The van der Waals surface area contributed by atoms with Gasteiger partial charge in [0.1, 0.15) is 18.2 Å². The fourth-order valence-corrected chi connectivity index (χ4v) is 1.81. The number of hydrogen-bond acceptors (Lipinski definition) is 2. The molecule has 22 heavy (non-hydrogen) atoms. The van der Waals surface area contributed by atoms with Crippen molar-refractivity contribution in [2.24, 2.45) is 0 Å². The number of hydrogen-bond donors (Lipinski definition) is 1. The van der Waals surface area contributed by atoms with Crippen LogP contribution >= 0.6 is 11.6 Å². The van der Waals surface area contributed by atoms with Gasteiger partial charge in [-0.05, 0) is 36.4 Å². The second kappa shape index (κ2) is 8.06. The molecule has 0 saturated heterocycles. The van der Waals surface area contributed by atoms with E-state index in [-0.39, 0.29) is 24.9 Å². The summed E-state index contributed by atoms with van der Waals surface area (Å²) in [6.07, 6.45) is 0. The smallest absolute Gasteiger partial charge is 0.252 e. The molecule has 0 fully saturated rings. The number of halogens is 2. The predicted octanol–water partition coefficient (Wildman–Crippen LogP) is 3.29. The summed E-state index contributed by atoms with van der Waals surface area (Å²) < 4.78 is 18.1. The quantitative estimate of drug-likeness (QED) is 0.879. The summed E-state index contributed by atoms with van der Waals surface area (Å²) in [6, 6.07) is 12.4. The van der Waals surface area contributed by atoms with Gasteiger partial charge >= 0.3 is 0 Å². The monoisotopic (exact) mass is 317 g/mol. The molecule has 1 amide bonds. The van der Waals surface area contributed by atoms with Gasteiger partial charge in [0.05, 0.1) is 11.6 Å². The van der Waals surface area contributed by atoms with Gasteiger partial charge in [-0.3, -0.25) is 4.79 Å². The van der Waals surface area contributed by atoms with E-state index in [1.54, 1.807) is 12.1 Å². The van der Waals surface area contributed by atoms with Crippen LogP contribution in [0.25, 0.3) is 0 Å². The molecule has 0 bridgehead atoms. The van der Waals surface area contributed by atoms with Crippen molar-refractivity contribution in [3.63, 3.8) is 0 Å². The summed E-state index contributed by atoms with van der Waals surface area (Å²) in [7, 11) is 0. The van der Waals surface area contributed by atoms with Crippen LogP contribution in [-0.4, -0.2) is 19.1 Å². The van der Waals surface area contributed by atoms with Crippen molar-refractivity contribution in [2.45, 2.75) is 0 Å². The largest absolute Gasteiger partial charge is 0.479 e. The molecular formula is C17H13ClFNO2. The predicted molar refractivity (Wildman–Crippen MR) is 83.5 cm³/mol. The maximum atomic E-state index is 12.7. The van der Waals surface area contributed by atoms with Crippen LogP contribution < -0.4 is 10.1 Å². The zero-order chi connectivity index (χ0) is 15.8. The molecule has 1 N–H and O–H groups in total. The minimum Gasteiger partial charge on any atom is -0.479 e. The van der Waals surface area contributed by atoms with Crippen LogP contribution in [0.3, 0.4) is 0 Å². The molecule has 0 unspecified atom stereocenters. The van der Waals surface area contributed by atoms with Crippen LogP contribution in [0.15, 0.2) is 48.5 Å². The zero-order valence-electron chi connectivity index (χ0n) is 11.6. The first-order valence-electron chi connectivity index (χ1n) is 6.53. The van der Waals surface area contributed by atoms with Crippen LogP contribution in [0.1, 0.15) is 10.4 Å². The van der Waals surface area contributed by atoms with Crippen molar-refractivity contribution in [1.82, 2.24) is 5.32 Å². The van der Waals surface area contributed by atoms with Crippen molar-refractivity contribution in [3.8, 4) is 17.6 Å². The summed E-state index contributed by atoms with van der Waals surface area (Å²) in [5.74, 6) is 5.41. The topological polar surface area (TPSA) is 38.3 Å². The summed E-state index contributed by atoms with van der Waals surface area (Å²) in [4.78, 5) is 11.7. The highest BCUT2D eigenvalue weighted by atomic mass is 35.5. The maximum absolute atomic E-state index is 12.7. The van der Waals surface area contributed by atoms with Crippen LogP contribution in [0.2, 0.25) is 5.02 Å². The van der Waals surface area contributed by atoms with E-state index >= 15 is 0 Å². The first-order chi connectivity index (χ1) is 10.7. The molecule has 2 aromatic carbocycles. The van der Waals surface area contributed by atoms with E-state index in [0.717, 1.165) is 0 Å². The van der Waals surface area contributed by atoms with Crippen LogP contribution in [-0.2, 0) is 0 Å². The van der Waals surface area contributed by atoms with Crippen molar-refractivity contribution in [2.75, 3.05) is 13.2 Å². The third kappa shape index (κ3) is 4.80. The van der Waals surface area contributed by atoms with E-state index in [1.165, 1.54) is 24.3 Å². The third-order valence-electron chi connectivity index (χ3n) is 2.71. The molecule has 2 rings (SSSR count). The standard InChI is InChI=1S/C17H13ClFNO2/c18-15-5-1-2-6-16(15)22-12-4-3-11-20-17(21)13-7-9-14(19)10-8-13/h1-2,5-10H,11-12H2,(H,20,21). The van der Waals surface area contributed by atoms with Crippen molar-refractivity contribution in [3.05, 3.63) is 64.9 Å². The van der Waals surface area contributed by atoms with Crippen molar-refractivity contribution in [1.29, 1.82) is 0 Å².